The van der Waals surface area contributed by atoms with Crippen LogP contribution >= 0.6 is 11.8 Å². The number of anilines is 1. The third-order valence-corrected chi connectivity index (χ3v) is 3.71. The highest BCUT2D eigenvalue weighted by atomic mass is 32.2. The van der Waals surface area contributed by atoms with Gasteiger partial charge in [0.25, 0.3) is 5.91 Å². The number of halogens is 3. The molecule has 0 heterocycles. The molecule has 0 saturated heterocycles. The highest BCUT2D eigenvalue weighted by Gasteiger charge is 2.29. The molecule has 1 atom stereocenters. The average Bonchev–Trinajstić information content (AvgIpc) is 2.52. The number of hydroxylamine groups is 1. The van der Waals surface area contributed by atoms with Crippen molar-refractivity contribution < 1.29 is 32.4 Å². The lowest BCUT2D eigenvalue weighted by molar-refractivity contribution is -0.156. The number of carbonyl (C=O) groups excluding carboxylic acids is 3. The molecule has 1 aromatic carbocycles. The number of nitrogens with one attached hydrogen (secondary N) is 3. The van der Waals surface area contributed by atoms with Gasteiger partial charge < -0.3 is 15.5 Å². The van der Waals surface area contributed by atoms with Crippen LogP contribution in [0.25, 0.3) is 0 Å². The quantitative estimate of drug-likeness (QED) is 0.496. The molecule has 1 aromatic rings. The Morgan fingerprint density at radius 3 is 2.22 bits per heavy atom. The molecule has 1 unspecified atom stereocenters. The number of amides is 3. The van der Waals surface area contributed by atoms with Gasteiger partial charge in [0.1, 0.15) is 6.04 Å². The van der Waals surface area contributed by atoms with Crippen LogP contribution in [0.1, 0.15) is 27.2 Å². The Bertz CT molecular complexity index is 666. The Morgan fingerprint density at radius 2 is 1.74 bits per heavy atom. The summed E-state index contributed by atoms with van der Waals surface area (Å²) in [5.41, 5.74) is -2.20. The molecule has 0 radical (unpaired) electrons. The minimum Gasteiger partial charge on any atom is -0.341 e. The molecule has 0 saturated carbocycles. The van der Waals surface area contributed by atoms with E-state index in [9.17, 15) is 27.6 Å². The van der Waals surface area contributed by atoms with Gasteiger partial charge in [-0.3, -0.25) is 9.59 Å². The van der Waals surface area contributed by atoms with Crippen LogP contribution in [0, 0.1) is 5.92 Å². The molecule has 0 aromatic heterocycles. The van der Waals surface area contributed by atoms with Crippen LogP contribution in [0.4, 0.5) is 23.7 Å². The lowest BCUT2D eigenvalue weighted by Gasteiger charge is -2.20. The molecule has 3 amide bonds. The van der Waals surface area contributed by atoms with E-state index in [0.29, 0.717) is 0 Å². The van der Waals surface area contributed by atoms with Gasteiger partial charge in [0, 0.05) is 17.5 Å². The van der Waals surface area contributed by atoms with Gasteiger partial charge in [0.15, 0.2) is 0 Å². The normalized spacial score (nSPS) is 12.3. The predicted molar refractivity (Wildman–Crippen MR) is 93.7 cm³/mol. The number of benzene rings is 1. The smallest absolute Gasteiger partial charge is 0.341 e. The molecular formula is C16H20F3N3O4S. The second-order valence-corrected chi connectivity index (χ2v) is 7.05. The predicted octanol–water partition coefficient (Wildman–Crippen LogP) is 3.43. The van der Waals surface area contributed by atoms with E-state index in [0.717, 1.165) is 6.92 Å². The molecule has 7 nitrogen and oxygen atoms in total. The van der Waals surface area contributed by atoms with Gasteiger partial charge in [-0.2, -0.15) is 18.7 Å². The number of alkyl halides is 3. The number of rotatable bonds is 6. The van der Waals surface area contributed by atoms with Gasteiger partial charge in [-0.05, 0) is 48.4 Å². The van der Waals surface area contributed by atoms with Gasteiger partial charge in [-0.25, -0.2) is 4.79 Å². The van der Waals surface area contributed by atoms with Crippen LogP contribution in [0.3, 0.4) is 0 Å². The van der Waals surface area contributed by atoms with Gasteiger partial charge in [0.2, 0.25) is 0 Å². The summed E-state index contributed by atoms with van der Waals surface area (Å²) in [6, 6.07) is 3.35. The van der Waals surface area contributed by atoms with Crippen LogP contribution < -0.4 is 16.1 Å². The van der Waals surface area contributed by atoms with Gasteiger partial charge >= 0.3 is 17.5 Å². The zero-order valence-corrected chi connectivity index (χ0v) is 15.7. The van der Waals surface area contributed by atoms with E-state index in [4.69, 9.17) is 0 Å². The zero-order valence-electron chi connectivity index (χ0n) is 14.8. The van der Waals surface area contributed by atoms with Crippen molar-refractivity contribution in [2.24, 2.45) is 5.92 Å². The molecule has 150 valence electrons. The summed E-state index contributed by atoms with van der Waals surface area (Å²) in [6.07, 6.45) is 0.279. The molecule has 3 N–H and O–H groups in total. The highest BCUT2D eigenvalue weighted by Crippen LogP contribution is 2.37. The van der Waals surface area contributed by atoms with Crippen molar-refractivity contribution in [1.29, 1.82) is 0 Å². The Balaban J connectivity index is 2.67. The van der Waals surface area contributed by atoms with E-state index in [2.05, 4.69) is 15.5 Å². The van der Waals surface area contributed by atoms with Crippen molar-refractivity contribution in [2.75, 3.05) is 5.32 Å². The van der Waals surface area contributed by atoms with E-state index < -0.39 is 29.5 Å². The van der Waals surface area contributed by atoms with E-state index in [1.54, 1.807) is 0 Å². The summed E-state index contributed by atoms with van der Waals surface area (Å²) in [4.78, 5) is 39.2. The Morgan fingerprint density at radius 1 is 1.15 bits per heavy atom. The van der Waals surface area contributed by atoms with E-state index >= 15 is 0 Å². The Labute approximate surface area is 158 Å². The van der Waals surface area contributed by atoms with Crippen molar-refractivity contribution in [2.45, 2.75) is 43.6 Å². The van der Waals surface area contributed by atoms with Crippen LogP contribution in [-0.2, 0) is 14.4 Å². The first kappa shape index (κ1) is 22.6. The van der Waals surface area contributed by atoms with E-state index in [-0.39, 0.29) is 34.7 Å². The van der Waals surface area contributed by atoms with E-state index in [1.807, 2.05) is 19.3 Å². The van der Waals surface area contributed by atoms with Crippen LogP contribution in [-0.4, -0.2) is 29.5 Å². The fourth-order valence-corrected chi connectivity index (χ4v) is 2.50. The molecule has 0 aliphatic carbocycles. The SMILES string of the molecule is CC(=O)ONC(=O)C(CC(C)C)NC(=O)Nc1ccc(SC(F)(F)F)cc1. The monoisotopic (exact) mass is 407 g/mol. The first-order valence-corrected chi connectivity index (χ1v) is 8.68. The summed E-state index contributed by atoms with van der Waals surface area (Å²) in [5.74, 6) is -1.36. The summed E-state index contributed by atoms with van der Waals surface area (Å²) in [6.45, 7) is 4.78. The summed E-state index contributed by atoms with van der Waals surface area (Å²) < 4.78 is 36.9. The standard InChI is InChI=1S/C16H20F3N3O4S/c1-9(2)8-13(14(24)22-26-10(3)23)21-15(25)20-11-4-6-12(7-5-11)27-16(17,18)19/h4-7,9,13H,8H2,1-3H3,(H,22,24)(H2,20,21,25). The van der Waals surface area contributed by atoms with Crippen LogP contribution in [0.15, 0.2) is 29.2 Å². The summed E-state index contributed by atoms with van der Waals surface area (Å²) >= 11 is -0.265. The van der Waals surface area contributed by atoms with Crippen molar-refractivity contribution in [1.82, 2.24) is 10.8 Å². The summed E-state index contributed by atoms with van der Waals surface area (Å²) in [5, 5.41) is 4.86. The first-order chi connectivity index (χ1) is 12.5. The van der Waals surface area contributed by atoms with Crippen molar-refractivity contribution in [3.63, 3.8) is 0 Å². The number of urea groups is 1. The fraction of sp³-hybridized carbons (Fsp3) is 0.438. The molecule has 27 heavy (non-hydrogen) atoms. The topological polar surface area (TPSA) is 96.5 Å². The third kappa shape index (κ3) is 9.73. The molecule has 0 aliphatic heterocycles. The maximum Gasteiger partial charge on any atom is 0.446 e. The second-order valence-electron chi connectivity index (χ2n) is 5.91. The average molecular weight is 407 g/mol. The third-order valence-electron chi connectivity index (χ3n) is 2.97. The van der Waals surface area contributed by atoms with Crippen molar-refractivity contribution >= 4 is 35.4 Å². The molecule has 1 rings (SSSR count). The number of carbonyl (C=O) groups is 3. The maximum absolute atomic E-state index is 12.3. The number of thioether (sulfide) groups is 1. The molecule has 0 spiro atoms. The maximum atomic E-state index is 12.3. The molecule has 11 heteroatoms. The van der Waals surface area contributed by atoms with Gasteiger partial charge in [-0.15, -0.1) is 0 Å². The minimum absolute atomic E-state index is 0.0214. The lowest BCUT2D eigenvalue weighted by Crippen LogP contribution is -2.49. The van der Waals surface area contributed by atoms with Crippen molar-refractivity contribution in [3.05, 3.63) is 24.3 Å². The van der Waals surface area contributed by atoms with Crippen molar-refractivity contribution in [3.8, 4) is 0 Å². The number of hydrogen-bond donors (Lipinski definition) is 3. The Hall–Kier alpha value is -2.43. The Kier molecular flexibility index (Phi) is 8.41. The lowest BCUT2D eigenvalue weighted by atomic mass is 10.0. The largest absolute Gasteiger partial charge is 0.446 e. The van der Waals surface area contributed by atoms with Crippen LogP contribution in [0.5, 0.6) is 0 Å². The van der Waals surface area contributed by atoms with E-state index in [1.165, 1.54) is 24.3 Å². The first-order valence-electron chi connectivity index (χ1n) is 7.87. The van der Waals surface area contributed by atoms with Crippen LogP contribution in [0.2, 0.25) is 0 Å². The molecule has 0 aliphatic rings. The second kappa shape index (κ2) is 10.0. The van der Waals surface area contributed by atoms with Gasteiger partial charge in [-0.1, -0.05) is 13.8 Å². The zero-order chi connectivity index (χ0) is 20.6. The molecular weight excluding hydrogens is 387 g/mol. The highest BCUT2D eigenvalue weighted by molar-refractivity contribution is 8.00. The summed E-state index contributed by atoms with van der Waals surface area (Å²) in [7, 11) is 0. The minimum atomic E-state index is -4.40. The van der Waals surface area contributed by atoms with Gasteiger partial charge in [0.05, 0.1) is 0 Å². The molecule has 0 fully saturated rings. The fourth-order valence-electron chi connectivity index (χ4n) is 1.96. The number of hydrogen-bond acceptors (Lipinski definition) is 5. The molecule has 0 bridgehead atoms.